The van der Waals surface area contributed by atoms with Crippen LogP contribution in [0, 0.1) is 13.8 Å². The number of rotatable bonds is 9. The van der Waals surface area contributed by atoms with Gasteiger partial charge in [-0.05, 0) is 73.2 Å². The lowest BCUT2D eigenvalue weighted by molar-refractivity contribution is 0.183. The summed E-state index contributed by atoms with van der Waals surface area (Å²) in [7, 11) is 0. The number of ether oxygens (including phenoxy) is 2. The maximum Gasteiger partial charge on any atom is 0.156 e. The Bertz CT molecular complexity index is 1230. The zero-order valence-corrected chi connectivity index (χ0v) is 20.3. The number of imidazole rings is 1. The van der Waals surface area contributed by atoms with Gasteiger partial charge in [0.05, 0.1) is 17.6 Å². The highest BCUT2D eigenvalue weighted by Crippen LogP contribution is 2.30. The second kappa shape index (κ2) is 10.1. The maximum absolute atomic E-state index is 6.41. The summed E-state index contributed by atoms with van der Waals surface area (Å²) in [6, 6.07) is 22.9. The molecule has 0 saturated carbocycles. The minimum Gasteiger partial charge on any atom is -0.491 e. The molecule has 1 aromatic heterocycles. The number of para-hydroxylation sites is 2. The van der Waals surface area contributed by atoms with Gasteiger partial charge >= 0.3 is 0 Å². The van der Waals surface area contributed by atoms with Gasteiger partial charge in [0, 0.05) is 0 Å². The lowest BCUT2D eigenvalue weighted by Crippen LogP contribution is -2.17. The van der Waals surface area contributed by atoms with Crippen molar-refractivity contribution < 1.29 is 9.47 Å². The predicted molar refractivity (Wildman–Crippen MR) is 135 cm³/mol. The van der Waals surface area contributed by atoms with Crippen molar-refractivity contribution in [3.05, 3.63) is 89.2 Å². The average molecular weight is 443 g/mol. The normalized spacial score (nSPS) is 12.3. The number of nitrogens with zero attached hydrogens (tertiary/aromatic N) is 2. The van der Waals surface area contributed by atoms with Crippen LogP contribution in [0.1, 0.15) is 61.7 Å². The molecule has 4 heteroatoms. The van der Waals surface area contributed by atoms with Crippen LogP contribution >= 0.6 is 0 Å². The lowest BCUT2D eigenvalue weighted by atomic mass is 10.0. The van der Waals surface area contributed by atoms with E-state index in [4.69, 9.17) is 14.5 Å². The quantitative estimate of drug-likeness (QED) is 0.271. The summed E-state index contributed by atoms with van der Waals surface area (Å²) in [6.45, 7) is 12.0. The molecule has 1 unspecified atom stereocenters. The molecule has 0 radical (unpaired) electrons. The van der Waals surface area contributed by atoms with Gasteiger partial charge in [0.15, 0.2) is 11.9 Å². The Balaban J connectivity index is 1.61. The first kappa shape index (κ1) is 22.9. The fourth-order valence-corrected chi connectivity index (χ4v) is 4.24. The van der Waals surface area contributed by atoms with E-state index in [-0.39, 0.29) is 6.10 Å². The highest BCUT2D eigenvalue weighted by atomic mass is 16.5. The van der Waals surface area contributed by atoms with Gasteiger partial charge in [-0.3, -0.25) is 0 Å². The fourth-order valence-electron chi connectivity index (χ4n) is 4.24. The molecular weight excluding hydrogens is 408 g/mol. The molecule has 0 N–H and O–H groups in total. The Hall–Kier alpha value is -3.27. The fraction of sp³-hybridized carbons (Fsp3) is 0.345. The maximum atomic E-state index is 6.41. The third-order valence-electron chi connectivity index (χ3n) is 5.97. The van der Waals surface area contributed by atoms with Crippen LogP contribution in [0.4, 0.5) is 0 Å². The monoisotopic (exact) mass is 442 g/mol. The van der Waals surface area contributed by atoms with Crippen LogP contribution in [0.15, 0.2) is 66.7 Å². The van der Waals surface area contributed by atoms with Crippen LogP contribution in [0.25, 0.3) is 11.0 Å². The van der Waals surface area contributed by atoms with E-state index in [1.165, 1.54) is 16.7 Å². The molecule has 1 heterocycles. The summed E-state index contributed by atoms with van der Waals surface area (Å²) in [6.07, 6.45) is 0.692. The molecular formula is C29H34N2O2. The van der Waals surface area contributed by atoms with Gasteiger partial charge in [-0.2, -0.15) is 0 Å². The van der Waals surface area contributed by atoms with Gasteiger partial charge in [-0.25, -0.2) is 4.98 Å². The zero-order chi connectivity index (χ0) is 23.4. The molecule has 172 valence electrons. The third-order valence-corrected chi connectivity index (χ3v) is 5.97. The Morgan fingerprint density at radius 1 is 0.909 bits per heavy atom. The van der Waals surface area contributed by atoms with Crippen LogP contribution < -0.4 is 9.47 Å². The Labute approximate surface area is 197 Å². The van der Waals surface area contributed by atoms with Crippen molar-refractivity contribution >= 4 is 11.0 Å². The van der Waals surface area contributed by atoms with E-state index in [1.54, 1.807) is 0 Å². The van der Waals surface area contributed by atoms with Crippen molar-refractivity contribution in [2.45, 2.75) is 59.6 Å². The van der Waals surface area contributed by atoms with Crippen molar-refractivity contribution in [2.75, 3.05) is 6.61 Å². The molecule has 0 aliphatic rings. The van der Waals surface area contributed by atoms with E-state index in [0.29, 0.717) is 19.1 Å². The van der Waals surface area contributed by atoms with Gasteiger partial charge in [-0.15, -0.1) is 0 Å². The van der Waals surface area contributed by atoms with E-state index in [2.05, 4.69) is 87.7 Å². The average Bonchev–Trinajstić information content (AvgIpc) is 3.16. The van der Waals surface area contributed by atoms with Gasteiger partial charge in [0.1, 0.15) is 18.1 Å². The molecule has 0 fully saturated rings. The number of benzene rings is 3. The first-order chi connectivity index (χ1) is 16.0. The molecule has 1 atom stereocenters. The number of fused-ring (bicyclic) bond motifs is 1. The topological polar surface area (TPSA) is 36.3 Å². The van der Waals surface area contributed by atoms with Gasteiger partial charge in [0.25, 0.3) is 0 Å². The smallest absolute Gasteiger partial charge is 0.156 e. The summed E-state index contributed by atoms with van der Waals surface area (Å²) < 4.78 is 15.0. The molecule has 0 aliphatic heterocycles. The third kappa shape index (κ3) is 5.22. The molecule has 33 heavy (non-hydrogen) atoms. The van der Waals surface area contributed by atoms with E-state index in [1.807, 2.05) is 18.2 Å². The molecule has 4 nitrogen and oxygen atoms in total. The molecule has 0 bridgehead atoms. The highest BCUT2D eigenvalue weighted by Gasteiger charge is 2.21. The van der Waals surface area contributed by atoms with Crippen molar-refractivity contribution in [2.24, 2.45) is 0 Å². The summed E-state index contributed by atoms with van der Waals surface area (Å²) >= 11 is 0. The molecule has 0 amide bonds. The number of hydrogen-bond acceptors (Lipinski definition) is 3. The Morgan fingerprint density at radius 2 is 1.70 bits per heavy atom. The van der Waals surface area contributed by atoms with Gasteiger partial charge in [0.2, 0.25) is 0 Å². The van der Waals surface area contributed by atoms with Gasteiger partial charge in [-0.1, -0.05) is 57.2 Å². The SMILES string of the molecule is CCC(Oc1cccc(C)c1)c1nc2ccccc2n1CCOc1cc(C)ccc1C(C)C. The largest absolute Gasteiger partial charge is 0.491 e. The summed E-state index contributed by atoms with van der Waals surface area (Å²) in [5, 5.41) is 0. The lowest BCUT2D eigenvalue weighted by Gasteiger charge is -2.20. The van der Waals surface area contributed by atoms with Gasteiger partial charge < -0.3 is 14.0 Å². The second-order valence-corrected chi connectivity index (χ2v) is 8.99. The zero-order valence-electron chi connectivity index (χ0n) is 20.3. The minimum atomic E-state index is -0.135. The van der Waals surface area contributed by atoms with Crippen molar-refractivity contribution in [3.63, 3.8) is 0 Å². The summed E-state index contributed by atoms with van der Waals surface area (Å²) in [5.41, 5.74) is 5.72. The number of aromatic nitrogens is 2. The second-order valence-electron chi connectivity index (χ2n) is 8.99. The van der Waals surface area contributed by atoms with Crippen LogP contribution in [-0.2, 0) is 6.54 Å². The molecule has 0 spiro atoms. The van der Waals surface area contributed by atoms with Crippen LogP contribution in [0.5, 0.6) is 11.5 Å². The summed E-state index contributed by atoms with van der Waals surface area (Å²) in [5.74, 6) is 3.20. The molecule has 0 saturated heterocycles. The van der Waals surface area contributed by atoms with E-state index >= 15 is 0 Å². The standard InChI is InChI=1S/C29H34N2O2/c1-6-27(33-23-11-9-10-21(4)18-23)29-30-25-12-7-8-13-26(25)31(29)16-17-32-28-19-22(5)14-15-24(28)20(2)3/h7-15,18-20,27H,6,16-17H2,1-5H3. The highest BCUT2D eigenvalue weighted by molar-refractivity contribution is 5.76. The van der Waals surface area contributed by atoms with Crippen molar-refractivity contribution in [1.82, 2.24) is 9.55 Å². The molecule has 4 rings (SSSR count). The van der Waals surface area contributed by atoms with Crippen LogP contribution in [0.2, 0.25) is 0 Å². The van der Waals surface area contributed by atoms with Crippen LogP contribution in [-0.4, -0.2) is 16.2 Å². The molecule has 0 aliphatic carbocycles. The Kier molecular flexibility index (Phi) is 7.02. The van der Waals surface area contributed by atoms with E-state index < -0.39 is 0 Å². The minimum absolute atomic E-state index is 0.135. The van der Waals surface area contributed by atoms with Crippen molar-refractivity contribution in [3.8, 4) is 11.5 Å². The van der Waals surface area contributed by atoms with Crippen molar-refractivity contribution in [1.29, 1.82) is 0 Å². The molecule has 4 aromatic rings. The van der Waals surface area contributed by atoms with E-state index in [0.717, 1.165) is 34.8 Å². The number of hydrogen-bond donors (Lipinski definition) is 0. The number of aryl methyl sites for hydroxylation is 2. The first-order valence-corrected chi connectivity index (χ1v) is 11.9. The first-order valence-electron chi connectivity index (χ1n) is 11.9. The predicted octanol–water partition coefficient (Wildman–Crippen LogP) is 7.39. The molecule has 3 aromatic carbocycles. The van der Waals surface area contributed by atoms with Crippen LogP contribution in [0.3, 0.4) is 0 Å². The Morgan fingerprint density at radius 3 is 2.45 bits per heavy atom. The van der Waals surface area contributed by atoms with E-state index in [9.17, 15) is 0 Å². The summed E-state index contributed by atoms with van der Waals surface area (Å²) in [4.78, 5) is 4.97.